The van der Waals surface area contributed by atoms with Crippen LogP contribution in [0.25, 0.3) is 11.1 Å². The van der Waals surface area contributed by atoms with Gasteiger partial charge in [0.05, 0.1) is 6.42 Å². The van der Waals surface area contributed by atoms with Gasteiger partial charge in [0, 0.05) is 30.8 Å². The summed E-state index contributed by atoms with van der Waals surface area (Å²) >= 11 is 0. The molecule has 0 atom stereocenters. The van der Waals surface area contributed by atoms with Gasteiger partial charge in [0.25, 0.3) is 5.91 Å². The van der Waals surface area contributed by atoms with Crippen molar-refractivity contribution in [3.05, 3.63) is 89.5 Å². The maximum atomic E-state index is 12.5. The van der Waals surface area contributed by atoms with Gasteiger partial charge in [-0.1, -0.05) is 54.6 Å². The first-order valence-electron chi connectivity index (χ1n) is 10.6. The number of carbonyl (C=O) groups excluding carboxylic acids is 2. The zero-order chi connectivity index (χ0) is 23.4. The average Bonchev–Trinajstić information content (AvgIpc) is 3.14. The number of hydrogen-bond donors (Lipinski definition) is 2. The Morgan fingerprint density at radius 2 is 1.58 bits per heavy atom. The lowest BCUT2D eigenvalue weighted by atomic mass is 9.98. The van der Waals surface area contributed by atoms with Gasteiger partial charge < -0.3 is 14.7 Å². The predicted octanol–water partition coefficient (Wildman–Crippen LogP) is 4.59. The highest BCUT2D eigenvalue weighted by molar-refractivity contribution is 5.96. The van der Waals surface area contributed by atoms with Gasteiger partial charge in [0.15, 0.2) is 0 Å². The number of rotatable bonds is 7. The largest absolute Gasteiger partial charge is 0.481 e. The van der Waals surface area contributed by atoms with Gasteiger partial charge >= 0.3 is 12.1 Å². The maximum absolute atomic E-state index is 12.5. The average molecular weight is 444 g/mol. The molecule has 3 aromatic carbocycles. The van der Waals surface area contributed by atoms with Gasteiger partial charge in [-0.2, -0.15) is 0 Å². The van der Waals surface area contributed by atoms with Crippen LogP contribution in [0.5, 0.6) is 0 Å². The van der Waals surface area contributed by atoms with E-state index in [9.17, 15) is 14.4 Å². The van der Waals surface area contributed by atoms with Gasteiger partial charge in [-0.05, 0) is 40.5 Å². The summed E-state index contributed by atoms with van der Waals surface area (Å²) in [4.78, 5) is 37.1. The number of nitrogens with zero attached hydrogens (tertiary/aromatic N) is 1. The highest BCUT2D eigenvalue weighted by Gasteiger charge is 2.29. The first-order valence-corrected chi connectivity index (χ1v) is 10.6. The quantitative estimate of drug-likeness (QED) is 0.556. The number of carbonyl (C=O) groups is 3. The van der Waals surface area contributed by atoms with Crippen LogP contribution in [-0.2, 0) is 9.53 Å². The minimum atomic E-state index is -0.972. The van der Waals surface area contributed by atoms with Crippen molar-refractivity contribution in [2.24, 2.45) is 0 Å². The van der Waals surface area contributed by atoms with E-state index in [0.717, 1.165) is 22.3 Å². The van der Waals surface area contributed by atoms with Crippen molar-refractivity contribution in [1.82, 2.24) is 4.90 Å². The number of benzene rings is 3. The molecule has 0 fully saturated rings. The fraction of sp³-hybridized carbons (Fsp3) is 0.192. The lowest BCUT2D eigenvalue weighted by Gasteiger charge is -2.17. The number of hydrogen-bond acceptors (Lipinski definition) is 4. The van der Waals surface area contributed by atoms with Crippen molar-refractivity contribution in [1.29, 1.82) is 0 Å². The lowest BCUT2D eigenvalue weighted by molar-refractivity contribution is -0.137. The molecule has 0 heterocycles. The Morgan fingerprint density at radius 1 is 0.939 bits per heavy atom. The number of carboxylic acid groups (broad SMARTS) is 1. The summed E-state index contributed by atoms with van der Waals surface area (Å²) in [5.74, 6) is -1.34. The van der Waals surface area contributed by atoms with Crippen molar-refractivity contribution in [2.75, 3.05) is 25.5 Å². The molecule has 33 heavy (non-hydrogen) atoms. The van der Waals surface area contributed by atoms with E-state index in [0.29, 0.717) is 11.3 Å². The van der Waals surface area contributed by atoms with Crippen molar-refractivity contribution in [3.63, 3.8) is 0 Å². The summed E-state index contributed by atoms with van der Waals surface area (Å²) in [5.41, 5.74) is 5.33. The van der Waals surface area contributed by atoms with Gasteiger partial charge in [-0.3, -0.25) is 14.9 Å². The molecule has 0 unspecified atom stereocenters. The Bertz CT molecular complexity index is 1160. The summed E-state index contributed by atoms with van der Waals surface area (Å²) < 4.78 is 5.55. The van der Waals surface area contributed by atoms with E-state index in [4.69, 9.17) is 9.84 Å². The Kier molecular flexibility index (Phi) is 6.40. The second-order valence-corrected chi connectivity index (χ2v) is 7.90. The molecule has 0 saturated carbocycles. The van der Waals surface area contributed by atoms with Crippen molar-refractivity contribution in [3.8, 4) is 11.1 Å². The van der Waals surface area contributed by atoms with Crippen LogP contribution in [0.15, 0.2) is 72.8 Å². The second kappa shape index (κ2) is 9.56. The first kappa shape index (κ1) is 22.1. The molecule has 2 amide bonds. The maximum Gasteiger partial charge on any atom is 0.411 e. The molecule has 0 saturated heterocycles. The van der Waals surface area contributed by atoms with Gasteiger partial charge in [-0.25, -0.2) is 4.79 Å². The summed E-state index contributed by atoms with van der Waals surface area (Å²) in [6, 6.07) is 22.7. The Balaban J connectivity index is 1.40. The van der Waals surface area contributed by atoms with Crippen molar-refractivity contribution in [2.45, 2.75) is 12.3 Å². The molecule has 4 rings (SSSR count). The molecular weight excluding hydrogens is 420 g/mol. The molecule has 0 aromatic heterocycles. The van der Waals surface area contributed by atoms with E-state index in [1.165, 1.54) is 11.9 Å². The minimum absolute atomic E-state index is 0.0426. The number of ether oxygens (including phenoxy) is 1. The molecule has 3 aromatic rings. The molecule has 1 aliphatic rings. The monoisotopic (exact) mass is 444 g/mol. The highest BCUT2D eigenvalue weighted by Crippen LogP contribution is 2.44. The smallest absolute Gasteiger partial charge is 0.411 e. The van der Waals surface area contributed by atoms with Crippen LogP contribution < -0.4 is 5.32 Å². The van der Waals surface area contributed by atoms with E-state index in [1.54, 1.807) is 24.3 Å². The normalized spacial score (nSPS) is 11.9. The predicted molar refractivity (Wildman–Crippen MR) is 124 cm³/mol. The molecule has 0 radical (unpaired) electrons. The van der Waals surface area contributed by atoms with E-state index in [-0.39, 0.29) is 31.4 Å². The number of amides is 2. The van der Waals surface area contributed by atoms with Crippen LogP contribution in [0.1, 0.15) is 33.8 Å². The fourth-order valence-corrected chi connectivity index (χ4v) is 4.07. The van der Waals surface area contributed by atoms with Crippen LogP contribution in [0, 0.1) is 0 Å². The molecule has 7 nitrogen and oxygen atoms in total. The Hall–Kier alpha value is -4.13. The molecular formula is C26H24N2O5. The molecule has 2 N–H and O–H groups in total. The topological polar surface area (TPSA) is 95.9 Å². The number of nitrogens with one attached hydrogen (secondary N) is 1. The van der Waals surface area contributed by atoms with Crippen molar-refractivity contribution < 1.29 is 24.2 Å². The number of aliphatic carboxylic acids is 1. The van der Waals surface area contributed by atoms with Crippen LogP contribution in [0.2, 0.25) is 0 Å². The van der Waals surface area contributed by atoms with E-state index < -0.39 is 12.1 Å². The zero-order valence-electron chi connectivity index (χ0n) is 18.2. The second-order valence-electron chi connectivity index (χ2n) is 7.90. The third-order valence-corrected chi connectivity index (χ3v) is 5.71. The van der Waals surface area contributed by atoms with Gasteiger partial charge in [0.1, 0.15) is 6.61 Å². The fourth-order valence-electron chi connectivity index (χ4n) is 4.07. The lowest BCUT2D eigenvalue weighted by Crippen LogP contribution is -2.29. The molecule has 168 valence electrons. The molecule has 0 aliphatic heterocycles. The number of carboxylic acids is 1. The SMILES string of the molecule is CN(CCC(=O)O)C(=O)c1cccc(NC(=O)OCC2c3ccccc3-c3ccccc32)c1. The number of fused-ring (bicyclic) bond motifs is 3. The standard InChI is InChI=1S/C26H24N2O5/c1-28(14-13-24(29)30)25(31)17-7-6-8-18(15-17)27-26(32)33-16-23-21-11-4-2-9-19(21)20-10-3-5-12-22(20)23/h2-12,15,23H,13-14,16H2,1H3,(H,27,32)(H,29,30). The van der Waals surface area contributed by atoms with Crippen LogP contribution >= 0.6 is 0 Å². The highest BCUT2D eigenvalue weighted by atomic mass is 16.5. The molecule has 7 heteroatoms. The number of anilines is 1. The van der Waals surface area contributed by atoms with E-state index in [1.807, 2.05) is 24.3 Å². The van der Waals surface area contributed by atoms with Crippen molar-refractivity contribution >= 4 is 23.7 Å². The van der Waals surface area contributed by atoms with E-state index >= 15 is 0 Å². The van der Waals surface area contributed by atoms with Crippen LogP contribution in [-0.4, -0.2) is 48.2 Å². The van der Waals surface area contributed by atoms with Gasteiger partial charge in [-0.15, -0.1) is 0 Å². The first-order chi connectivity index (χ1) is 15.9. The third-order valence-electron chi connectivity index (χ3n) is 5.71. The molecule has 0 spiro atoms. The Labute approximate surface area is 191 Å². The summed E-state index contributed by atoms with van der Waals surface area (Å²) in [6.45, 7) is 0.286. The third kappa shape index (κ3) is 4.87. The Morgan fingerprint density at radius 3 is 2.21 bits per heavy atom. The van der Waals surface area contributed by atoms with Gasteiger partial charge in [0.2, 0.25) is 0 Å². The van der Waals surface area contributed by atoms with Crippen LogP contribution in [0.4, 0.5) is 10.5 Å². The van der Waals surface area contributed by atoms with E-state index in [2.05, 4.69) is 29.6 Å². The zero-order valence-corrected chi connectivity index (χ0v) is 18.2. The molecule has 1 aliphatic carbocycles. The summed E-state index contributed by atoms with van der Waals surface area (Å²) in [6.07, 6.45) is -0.749. The summed E-state index contributed by atoms with van der Waals surface area (Å²) in [5, 5.41) is 11.5. The minimum Gasteiger partial charge on any atom is -0.481 e. The van der Waals surface area contributed by atoms with Crippen LogP contribution in [0.3, 0.4) is 0 Å². The summed E-state index contributed by atoms with van der Waals surface area (Å²) in [7, 11) is 1.54. The molecule has 0 bridgehead atoms.